The van der Waals surface area contributed by atoms with Crippen LogP contribution in [0.15, 0.2) is 12.3 Å². The molecule has 0 radical (unpaired) electrons. The maximum absolute atomic E-state index is 11.6. The molecule has 4 nitrogen and oxygen atoms in total. The lowest BCUT2D eigenvalue weighted by atomic mass is 10.3. The van der Waals surface area contributed by atoms with Crippen molar-refractivity contribution in [3.8, 4) is 0 Å². The first-order valence-electron chi connectivity index (χ1n) is 5.04. The van der Waals surface area contributed by atoms with Crippen LogP contribution < -0.4 is 0 Å². The molecule has 2 rings (SSSR count). The number of rotatable bonds is 4. The third-order valence-corrected chi connectivity index (χ3v) is 2.91. The molecule has 0 aliphatic heterocycles. The third kappa shape index (κ3) is 2.31. The molecule has 1 aromatic heterocycles. The molecular weight excluding hydrogens is 214 g/mol. The van der Waals surface area contributed by atoms with E-state index in [9.17, 15) is 4.79 Å². The average Bonchev–Trinajstić information content (AvgIpc) is 2.99. The molecule has 1 amide bonds. The van der Waals surface area contributed by atoms with Crippen LogP contribution in [0.4, 0.5) is 0 Å². The van der Waals surface area contributed by atoms with Gasteiger partial charge in [0.15, 0.2) is 0 Å². The van der Waals surface area contributed by atoms with Gasteiger partial charge in [-0.25, -0.2) is 0 Å². The molecule has 1 aliphatic carbocycles. The number of amides is 1. The van der Waals surface area contributed by atoms with Gasteiger partial charge in [-0.3, -0.25) is 9.48 Å². The van der Waals surface area contributed by atoms with E-state index in [-0.39, 0.29) is 11.8 Å². The number of carbonyl (C=O) groups is 1. The predicted molar refractivity (Wildman–Crippen MR) is 57.5 cm³/mol. The summed E-state index contributed by atoms with van der Waals surface area (Å²) in [5.41, 5.74) is 1.04. The summed E-state index contributed by atoms with van der Waals surface area (Å²) in [5, 5.41) is 4.08. The molecule has 0 bridgehead atoms. The van der Waals surface area contributed by atoms with E-state index in [0.717, 1.165) is 18.5 Å². The maximum atomic E-state index is 11.6. The number of aromatic nitrogens is 2. The lowest BCUT2D eigenvalue weighted by molar-refractivity contribution is -0.129. The Morgan fingerprint density at radius 3 is 2.93 bits per heavy atom. The number of carbonyl (C=O) groups excluding carboxylic acids is 1. The van der Waals surface area contributed by atoms with Gasteiger partial charge < -0.3 is 4.90 Å². The molecule has 0 unspecified atom stereocenters. The Bertz CT molecular complexity index is 359. The first-order chi connectivity index (χ1) is 7.22. The summed E-state index contributed by atoms with van der Waals surface area (Å²) < 4.78 is 1.79. The van der Waals surface area contributed by atoms with E-state index in [0.29, 0.717) is 12.6 Å². The number of nitrogens with zero attached hydrogens (tertiary/aromatic N) is 3. The molecule has 5 heteroatoms. The number of alkyl halides is 1. The van der Waals surface area contributed by atoms with Crippen LogP contribution in [0.25, 0.3) is 0 Å². The number of hydrogen-bond donors (Lipinski definition) is 0. The van der Waals surface area contributed by atoms with Gasteiger partial charge in [-0.05, 0) is 18.9 Å². The average molecular weight is 228 g/mol. The van der Waals surface area contributed by atoms with Crippen LogP contribution in [0.1, 0.15) is 18.5 Å². The van der Waals surface area contributed by atoms with Gasteiger partial charge in [0.25, 0.3) is 0 Å². The van der Waals surface area contributed by atoms with Crippen molar-refractivity contribution in [3.05, 3.63) is 18.0 Å². The van der Waals surface area contributed by atoms with Gasteiger partial charge >= 0.3 is 0 Å². The molecule has 0 atom stereocenters. The van der Waals surface area contributed by atoms with Crippen molar-refractivity contribution in [2.24, 2.45) is 7.05 Å². The summed E-state index contributed by atoms with van der Waals surface area (Å²) in [7, 11) is 1.88. The molecule has 1 aliphatic rings. The van der Waals surface area contributed by atoms with Gasteiger partial charge in [0, 0.05) is 19.3 Å². The summed E-state index contributed by atoms with van der Waals surface area (Å²) in [6, 6.07) is 2.32. The second kappa shape index (κ2) is 4.23. The van der Waals surface area contributed by atoms with E-state index in [1.807, 2.05) is 18.0 Å². The van der Waals surface area contributed by atoms with E-state index in [1.54, 1.807) is 10.9 Å². The SMILES string of the molecule is Cn1nccc1CN(C(=O)CCl)C1CC1. The highest BCUT2D eigenvalue weighted by molar-refractivity contribution is 6.27. The molecule has 1 fully saturated rings. The van der Waals surface area contributed by atoms with Crippen LogP contribution in [0, 0.1) is 0 Å². The minimum atomic E-state index is 0.0142. The Hall–Kier alpha value is -1.03. The molecule has 0 saturated heterocycles. The van der Waals surface area contributed by atoms with Gasteiger partial charge in [-0.15, -0.1) is 11.6 Å². The van der Waals surface area contributed by atoms with E-state index in [2.05, 4.69) is 5.10 Å². The highest BCUT2D eigenvalue weighted by atomic mass is 35.5. The van der Waals surface area contributed by atoms with Gasteiger partial charge in [0.1, 0.15) is 5.88 Å². The largest absolute Gasteiger partial charge is 0.333 e. The van der Waals surface area contributed by atoms with Gasteiger partial charge in [0.2, 0.25) is 5.91 Å². The molecule has 1 aromatic rings. The second-order valence-electron chi connectivity index (χ2n) is 3.83. The van der Waals surface area contributed by atoms with E-state index >= 15 is 0 Å². The van der Waals surface area contributed by atoms with Crippen molar-refractivity contribution in [1.82, 2.24) is 14.7 Å². The second-order valence-corrected chi connectivity index (χ2v) is 4.10. The fourth-order valence-electron chi connectivity index (χ4n) is 1.61. The van der Waals surface area contributed by atoms with E-state index < -0.39 is 0 Å². The number of halogens is 1. The zero-order valence-electron chi connectivity index (χ0n) is 8.69. The monoisotopic (exact) mass is 227 g/mol. The maximum Gasteiger partial charge on any atom is 0.238 e. The molecule has 82 valence electrons. The quantitative estimate of drug-likeness (QED) is 0.724. The van der Waals surface area contributed by atoms with Gasteiger partial charge in [0.05, 0.1) is 12.2 Å². The molecule has 15 heavy (non-hydrogen) atoms. The standard InChI is InChI=1S/C10H14ClN3O/c1-13-9(4-5-12-13)7-14(8-2-3-8)10(15)6-11/h4-5,8H,2-3,6-7H2,1H3. The summed E-state index contributed by atoms with van der Waals surface area (Å²) >= 11 is 5.58. The van der Waals surface area contributed by atoms with Crippen molar-refractivity contribution in [2.45, 2.75) is 25.4 Å². The van der Waals surface area contributed by atoms with Crippen molar-refractivity contribution in [3.63, 3.8) is 0 Å². The van der Waals surface area contributed by atoms with Crippen molar-refractivity contribution in [1.29, 1.82) is 0 Å². The van der Waals surface area contributed by atoms with Crippen molar-refractivity contribution < 1.29 is 4.79 Å². The Balaban J connectivity index is 2.06. The molecule has 0 aromatic carbocycles. The van der Waals surface area contributed by atoms with Crippen LogP contribution in [0.5, 0.6) is 0 Å². The van der Waals surface area contributed by atoms with Gasteiger partial charge in [-0.1, -0.05) is 0 Å². The summed E-state index contributed by atoms with van der Waals surface area (Å²) in [6.45, 7) is 0.618. The highest BCUT2D eigenvalue weighted by Crippen LogP contribution is 2.28. The fourth-order valence-corrected chi connectivity index (χ4v) is 1.77. The highest BCUT2D eigenvalue weighted by Gasteiger charge is 2.32. The smallest absolute Gasteiger partial charge is 0.238 e. The van der Waals surface area contributed by atoms with Crippen LogP contribution in [-0.2, 0) is 18.4 Å². The predicted octanol–water partition coefficient (Wildman–Crippen LogP) is 1.15. The third-order valence-electron chi connectivity index (χ3n) is 2.68. The molecule has 1 saturated carbocycles. The summed E-state index contributed by atoms with van der Waals surface area (Å²) in [6.07, 6.45) is 3.94. The lowest BCUT2D eigenvalue weighted by Gasteiger charge is -2.21. The summed E-state index contributed by atoms with van der Waals surface area (Å²) in [5.74, 6) is 0.0781. The Morgan fingerprint density at radius 2 is 2.47 bits per heavy atom. The van der Waals surface area contributed by atoms with Crippen LogP contribution in [0.2, 0.25) is 0 Å². The fraction of sp³-hybridized carbons (Fsp3) is 0.600. The van der Waals surface area contributed by atoms with Crippen LogP contribution >= 0.6 is 11.6 Å². The zero-order valence-corrected chi connectivity index (χ0v) is 9.44. The topological polar surface area (TPSA) is 38.1 Å². The van der Waals surface area contributed by atoms with E-state index in [1.165, 1.54) is 0 Å². The summed E-state index contributed by atoms with van der Waals surface area (Å²) in [4.78, 5) is 13.4. The minimum absolute atomic E-state index is 0.0142. The van der Waals surface area contributed by atoms with Gasteiger partial charge in [-0.2, -0.15) is 5.10 Å². The Kier molecular flexibility index (Phi) is 2.95. The normalized spacial score (nSPS) is 15.3. The zero-order chi connectivity index (χ0) is 10.8. The lowest BCUT2D eigenvalue weighted by Crippen LogP contribution is -2.34. The van der Waals surface area contributed by atoms with E-state index in [4.69, 9.17) is 11.6 Å². The van der Waals surface area contributed by atoms with Crippen molar-refractivity contribution >= 4 is 17.5 Å². The van der Waals surface area contributed by atoms with Crippen molar-refractivity contribution in [2.75, 3.05) is 5.88 Å². The van der Waals surface area contributed by atoms with Crippen LogP contribution in [-0.4, -0.2) is 32.5 Å². The molecule has 1 heterocycles. The molecule has 0 N–H and O–H groups in total. The number of hydrogen-bond acceptors (Lipinski definition) is 2. The minimum Gasteiger partial charge on any atom is -0.333 e. The first-order valence-corrected chi connectivity index (χ1v) is 5.58. The Morgan fingerprint density at radius 1 is 1.73 bits per heavy atom. The molecule has 0 spiro atoms. The Labute approximate surface area is 93.8 Å². The number of aryl methyl sites for hydroxylation is 1. The molecular formula is C10H14ClN3O. The first kappa shape index (κ1) is 10.5. The van der Waals surface area contributed by atoms with Crippen LogP contribution in [0.3, 0.4) is 0 Å².